The van der Waals surface area contributed by atoms with Gasteiger partial charge in [0.1, 0.15) is 5.69 Å². The molecule has 0 unspecified atom stereocenters. The molecular weight excluding hydrogens is 508 g/mol. The number of nitrogens with zero attached hydrogens (tertiary/aromatic N) is 4. The van der Waals surface area contributed by atoms with Gasteiger partial charge in [-0.1, -0.05) is 44.2 Å². The van der Waals surface area contributed by atoms with Gasteiger partial charge in [-0.05, 0) is 50.0 Å². The summed E-state index contributed by atoms with van der Waals surface area (Å²) in [5, 5.41) is 2.84. The molecule has 0 bridgehead atoms. The van der Waals surface area contributed by atoms with E-state index in [0.717, 1.165) is 23.1 Å². The molecule has 2 N–H and O–H groups in total. The number of aromatic nitrogens is 4. The Hall–Kier alpha value is -4.18. The number of likely N-dealkylation sites (tertiary alicyclic amines) is 1. The van der Waals surface area contributed by atoms with E-state index in [9.17, 15) is 14.4 Å². The Bertz CT molecular complexity index is 1490. The first-order chi connectivity index (χ1) is 19.5. The second kappa shape index (κ2) is 14.8. The Morgan fingerprint density at radius 1 is 1.18 bits per heavy atom. The van der Waals surface area contributed by atoms with Crippen LogP contribution in [0.3, 0.4) is 0 Å². The van der Waals surface area contributed by atoms with Gasteiger partial charge in [-0.2, -0.15) is 0 Å². The van der Waals surface area contributed by atoms with Crippen molar-refractivity contribution in [2.24, 2.45) is 0 Å². The topological polar surface area (TPSA) is 114 Å². The van der Waals surface area contributed by atoms with Gasteiger partial charge in [-0.15, -0.1) is 0 Å². The summed E-state index contributed by atoms with van der Waals surface area (Å²) < 4.78 is 7.60. The molecule has 0 radical (unpaired) electrons. The number of fused-ring (bicyclic) bond motifs is 1. The van der Waals surface area contributed by atoms with Crippen LogP contribution in [0.1, 0.15) is 51.6 Å². The monoisotopic (exact) mass is 548 g/mol. The molecular formula is C30H40N6O4. The number of amides is 2. The molecule has 4 heterocycles. The van der Waals surface area contributed by atoms with E-state index < -0.39 is 0 Å². The number of methoxy groups -OCH3 is 1. The summed E-state index contributed by atoms with van der Waals surface area (Å²) in [6.07, 6.45) is 15.8. The van der Waals surface area contributed by atoms with Crippen molar-refractivity contribution in [3.63, 3.8) is 0 Å². The summed E-state index contributed by atoms with van der Waals surface area (Å²) in [6, 6.07) is 5.10. The van der Waals surface area contributed by atoms with Crippen LogP contribution in [0.5, 0.6) is 0 Å². The first-order valence-corrected chi connectivity index (χ1v) is 13.8. The van der Waals surface area contributed by atoms with E-state index in [1.807, 2.05) is 57.3 Å². The van der Waals surface area contributed by atoms with Gasteiger partial charge in [0.05, 0.1) is 5.52 Å². The van der Waals surface area contributed by atoms with Gasteiger partial charge in [0.15, 0.2) is 5.65 Å². The lowest BCUT2D eigenvalue weighted by Gasteiger charge is -2.32. The molecule has 0 spiro atoms. The number of hydrogen-bond donors (Lipinski definition) is 2. The molecule has 3 aromatic heterocycles. The molecule has 10 heteroatoms. The molecule has 0 saturated carbocycles. The fraction of sp³-hybridized carbons (Fsp3) is 0.400. The van der Waals surface area contributed by atoms with Crippen LogP contribution in [0.15, 0.2) is 70.6 Å². The molecule has 0 atom stereocenters. The summed E-state index contributed by atoms with van der Waals surface area (Å²) in [5.74, 6) is 0. The number of rotatable bonds is 4. The van der Waals surface area contributed by atoms with Gasteiger partial charge in [-0.3, -0.25) is 14.3 Å². The number of ether oxygens (including phenoxy) is 1. The largest absolute Gasteiger partial charge is 0.388 e. The maximum atomic E-state index is 13.1. The smallest absolute Gasteiger partial charge is 0.327 e. The highest BCUT2D eigenvalue weighted by atomic mass is 16.4. The molecule has 1 fully saturated rings. The number of urea groups is 1. The number of nitrogens with one attached hydrogen (secondary N) is 2. The van der Waals surface area contributed by atoms with E-state index in [0.29, 0.717) is 38.1 Å². The van der Waals surface area contributed by atoms with Crippen molar-refractivity contribution in [1.82, 2.24) is 24.0 Å². The second-order valence-electron chi connectivity index (χ2n) is 9.15. The molecule has 2 amide bonds. The van der Waals surface area contributed by atoms with Crippen molar-refractivity contribution in [2.45, 2.75) is 52.6 Å². The molecule has 10 nitrogen and oxygen atoms in total. The van der Waals surface area contributed by atoms with E-state index in [2.05, 4.69) is 32.2 Å². The van der Waals surface area contributed by atoms with Crippen molar-refractivity contribution < 1.29 is 9.53 Å². The number of allylic oxidation sites excluding steroid dienone is 6. The van der Waals surface area contributed by atoms with Crippen LogP contribution >= 0.6 is 0 Å². The van der Waals surface area contributed by atoms with Crippen molar-refractivity contribution in [2.75, 3.05) is 32.6 Å². The maximum Gasteiger partial charge on any atom is 0.327 e. The average molecular weight is 549 g/mol. The van der Waals surface area contributed by atoms with E-state index in [1.165, 1.54) is 0 Å². The molecule has 0 aromatic carbocycles. The molecule has 2 aliphatic rings. The number of piperidine rings is 1. The van der Waals surface area contributed by atoms with Crippen LogP contribution in [0.25, 0.3) is 16.7 Å². The third-order valence-electron chi connectivity index (χ3n) is 6.59. The van der Waals surface area contributed by atoms with Gasteiger partial charge in [0.2, 0.25) is 0 Å². The van der Waals surface area contributed by atoms with Crippen LogP contribution in [0.4, 0.5) is 10.5 Å². The summed E-state index contributed by atoms with van der Waals surface area (Å²) in [6.45, 7) is 7.37. The molecule has 5 rings (SSSR count). The second-order valence-corrected chi connectivity index (χ2v) is 9.15. The molecule has 1 aliphatic carbocycles. The number of hydrogen-bond acceptors (Lipinski definition) is 5. The summed E-state index contributed by atoms with van der Waals surface area (Å²) in [7, 11) is 3.25. The fourth-order valence-electron chi connectivity index (χ4n) is 4.73. The van der Waals surface area contributed by atoms with Crippen molar-refractivity contribution >= 4 is 28.5 Å². The number of H-pyrrole nitrogens is 1. The highest BCUT2D eigenvalue weighted by molar-refractivity contribution is 5.90. The minimum Gasteiger partial charge on any atom is -0.388 e. The number of aromatic amines is 1. The van der Waals surface area contributed by atoms with E-state index in [4.69, 9.17) is 0 Å². The third kappa shape index (κ3) is 7.06. The molecule has 3 aromatic rings. The van der Waals surface area contributed by atoms with Gasteiger partial charge >= 0.3 is 11.7 Å². The highest BCUT2D eigenvalue weighted by Gasteiger charge is 2.27. The zero-order valence-corrected chi connectivity index (χ0v) is 24.0. The standard InChI is InChI=1S/C26H28N6O3.C2H6O.C2H6/c1-2-30-17-19(18-8-5-3-4-6-9-18)16-21(24(30)33)28-25(34)31-14-11-20(12-15-31)32-22-10-7-13-27-23(22)29-26(32)35;1-3-2;1-2/h3,5-10,13,16-17,20H,2,4,11-12,14-15H2,1H3,(H,28,34)(H,27,29,35);1-2H3;1-2H3. The number of aryl methyl sites for hydroxylation is 1. The SMILES string of the molecule is CC.CCn1cc(C2=CC=CCC=C2)cc(NC(=O)N2CCC(n3c(=O)[nH]c4ncccc43)CC2)c1=O.COC. The number of carbonyl (C=O) groups is 1. The number of imidazole rings is 1. The van der Waals surface area contributed by atoms with Crippen molar-refractivity contribution in [3.8, 4) is 0 Å². The van der Waals surface area contributed by atoms with Gasteiger partial charge in [0.25, 0.3) is 5.56 Å². The summed E-state index contributed by atoms with van der Waals surface area (Å²) in [4.78, 5) is 47.2. The molecule has 214 valence electrons. The fourth-order valence-corrected chi connectivity index (χ4v) is 4.73. The molecule has 40 heavy (non-hydrogen) atoms. The molecule has 1 saturated heterocycles. The lowest BCUT2D eigenvalue weighted by Crippen LogP contribution is -2.43. The number of anilines is 1. The summed E-state index contributed by atoms with van der Waals surface area (Å²) in [5.41, 5.74) is 3.04. The average Bonchev–Trinajstić information content (AvgIpc) is 3.12. The van der Waals surface area contributed by atoms with E-state index in [-0.39, 0.29) is 29.0 Å². The zero-order chi connectivity index (χ0) is 29.1. The quantitative estimate of drug-likeness (QED) is 0.478. The first-order valence-electron chi connectivity index (χ1n) is 13.8. The van der Waals surface area contributed by atoms with Crippen molar-refractivity contribution in [1.29, 1.82) is 0 Å². The summed E-state index contributed by atoms with van der Waals surface area (Å²) >= 11 is 0. The van der Waals surface area contributed by atoms with Gasteiger partial charge < -0.3 is 19.5 Å². The van der Waals surface area contributed by atoms with Crippen LogP contribution in [0, 0.1) is 0 Å². The lowest BCUT2D eigenvalue weighted by atomic mass is 10.0. The van der Waals surface area contributed by atoms with Crippen molar-refractivity contribution in [3.05, 3.63) is 87.4 Å². The Kier molecular flexibility index (Phi) is 11.3. The predicted octanol–water partition coefficient (Wildman–Crippen LogP) is 4.96. The predicted molar refractivity (Wildman–Crippen MR) is 161 cm³/mol. The number of carbonyl (C=O) groups excluding carboxylic acids is 1. The normalized spacial score (nSPS) is 14.9. The maximum absolute atomic E-state index is 13.1. The highest BCUT2D eigenvalue weighted by Crippen LogP contribution is 2.25. The third-order valence-corrected chi connectivity index (χ3v) is 6.59. The Morgan fingerprint density at radius 3 is 2.60 bits per heavy atom. The van der Waals surface area contributed by atoms with E-state index in [1.54, 1.807) is 40.5 Å². The van der Waals surface area contributed by atoms with E-state index >= 15 is 0 Å². The van der Waals surface area contributed by atoms with Gasteiger partial charge in [-0.25, -0.2) is 14.6 Å². The zero-order valence-electron chi connectivity index (χ0n) is 24.0. The van der Waals surface area contributed by atoms with Crippen LogP contribution in [-0.2, 0) is 11.3 Å². The Morgan fingerprint density at radius 2 is 1.90 bits per heavy atom. The number of pyridine rings is 2. The first kappa shape index (κ1) is 30.4. The molecule has 1 aliphatic heterocycles. The minimum atomic E-state index is -0.307. The Labute approximate surface area is 234 Å². The van der Waals surface area contributed by atoms with Gasteiger partial charge in [0, 0.05) is 57.9 Å². The Balaban J connectivity index is 0.000000827. The van der Waals surface area contributed by atoms with Crippen LogP contribution in [-0.4, -0.2) is 57.3 Å². The minimum absolute atomic E-state index is 0.0211. The van der Waals surface area contributed by atoms with Crippen LogP contribution in [0.2, 0.25) is 0 Å². The lowest BCUT2D eigenvalue weighted by molar-refractivity contribution is 0.184. The van der Waals surface area contributed by atoms with Crippen LogP contribution < -0.4 is 16.6 Å².